The van der Waals surface area contributed by atoms with Gasteiger partial charge < -0.3 is 15.2 Å². The molecule has 1 aromatic rings. The van der Waals surface area contributed by atoms with E-state index in [2.05, 4.69) is 19.2 Å². The van der Waals surface area contributed by atoms with Crippen molar-refractivity contribution in [3.05, 3.63) is 23.8 Å². The predicted octanol–water partition coefficient (Wildman–Crippen LogP) is 2.53. The summed E-state index contributed by atoms with van der Waals surface area (Å²) in [5.74, 6) is 0.479. The van der Waals surface area contributed by atoms with Crippen LogP contribution in [0.3, 0.4) is 0 Å². The Hall–Kier alpha value is -1.55. The number of carbonyl (C=O) groups is 1. The van der Waals surface area contributed by atoms with E-state index in [4.69, 9.17) is 4.74 Å². The molecule has 0 spiro atoms. The average Bonchev–Trinajstić information content (AvgIpc) is 2.27. The fourth-order valence-corrected chi connectivity index (χ4v) is 1.46. The summed E-state index contributed by atoms with van der Waals surface area (Å²) in [6.45, 7) is 7.04. The molecule has 2 N–H and O–H groups in total. The Balaban J connectivity index is 3.06. The standard InChI is InChI=1S/C14H21NO3/c1-9(2)10-6-7-12(18-5)11(8-10)15-13(16)14(3,4)17/h6-9,17H,1-5H3,(H,15,16). The van der Waals surface area contributed by atoms with Crippen LogP contribution >= 0.6 is 0 Å². The number of ether oxygens (including phenoxy) is 1. The topological polar surface area (TPSA) is 58.6 Å². The van der Waals surface area contributed by atoms with Crippen LogP contribution in [0.15, 0.2) is 18.2 Å². The average molecular weight is 251 g/mol. The maximum Gasteiger partial charge on any atom is 0.255 e. The van der Waals surface area contributed by atoms with Gasteiger partial charge in [0.25, 0.3) is 5.91 Å². The lowest BCUT2D eigenvalue weighted by atomic mass is 10.0. The van der Waals surface area contributed by atoms with Crippen LogP contribution in [0.1, 0.15) is 39.2 Å². The first-order chi connectivity index (χ1) is 8.25. The Bertz CT molecular complexity index is 433. The maximum atomic E-state index is 11.8. The van der Waals surface area contributed by atoms with Crippen molar-refractivity contribution in [1.82, 2.24) is 0 Å². The molecule has 0 unspecified atom stereocenters. The summed E-state index contributed by atoms with van der Waals surface area (Å²) < 4.78 is 5.20. The van der Waals surface area contributed by atoms with Crippen LogP contribution in [0.4, 0.5) is 5.69 Å². The summed E-state index contributed by atoms with van der Waals surface area (Å²) in [5.41, 5.74) is 0.261. The zero-order chi connectivity index (χ0) is 13.9. The van der Waals surface area contributed by atoms with Crippen molar-refractivity contribution in [2.75, 3.05) is 12.4 Å². The van der Waals surface area contributed by atoms with E-state index in [9.17, 15) is 9.90 Å². The lowest BCUT2D eigenvalue weighted by molar-refractivity contribution is -0.130. The SMILES string of the molecule is COc1ccc(C(C)C)cc1NC(=O)C(C)(C)O. The van der Waals surface area contributed by atoms with Crippen molar-refractivity contribution in [3.63, 3.8) is 0 Å². The van der Waals surface area contributed by atoms with Crippen LogP contribution in [0.5, 0.6) is 5.75 Å². The van der Waals surface area contributed by atoms with E-state index in [-0.39, 0.29) is 0 Å². The van der Waals surface area contributed by atoms with E-state index in [0.717, 1.165) is 5.56 Å². The molecule has 0 saturated carbocycles. The van der Waals surface area contributed by atoms with Gasteiger partial charge >= 0.3 is 0 Å². The van der Waals surface area contributed by atoms with E-state index >= 15 is 0 Å². The Morgan fingerprint density at radius 1 is 1.39 bits per heavy atom. The highest BCUT2D eigenvalue weighted by Crippen LogP contribution is 2.29. The van der Waals surface area contributed by atoms with Crippen LogP contribution < -0.4 is 10.1 Å². The number of rotatable bonds is 4. The number of hydrogen-bond donors (Lipinski definition) is 2. The van der Waals surface area contributed by atoms with Crippen LogP contribution in [0.2, 0.25) is 0 Å². The lowest BCUT2D eigenvalue weighted by Crippen LogP contribution is -2.36. The Morgan fingerprint density at radius 2 is 2.00 bits per heavy atom. The van der Waals surface area contributed by atoms with Gasteiger partial charge in [-0.15, -0.1) is 0 Å². The van der Waals surface area contributed by atoms with Gasteiger partial charge in [0.15, 0.2) is 0 Å². The van der Waals surface area contributed by atoms with Crippen molar-refractivity contribution in [1.29, 1.82) is 0 Å². The Kier molecular flexibility index (Phi) is 4.35. The van der Waals surface area contributed by atoms with Crippen LogP contribution in [0, 0.1) is 0 Å². The normalized spacial score (nSPS) is 11.5. The third-order valence-electron chi connectivity index (χ3n) is 2.69. The van der Waals surface area contributed by atoms with Crippen molar-refractivity contribution in [2.24, 2.45) is 0 Å². The molecule has 4 heteroatoms. The first-order valence-electron chi connectivity index (χ1n) is 5.97. The highest BCUT2D eigenvalue weighted by molar-refractivity contribution is 5.97. The summed E-state index contributed by atoms with van der Waals surface area (Å²) in [5, 5.41) is 12.3. The van der Waals surface area contributed by atoms with Crippen LogP contribution in [-0.4, -0.2) is 23.7 Å². The van der Waals surface area contributed by atoms with E-state index in [1.54, 1.807) is 7.11 Å². The quantitative estimate of drug-likeness (QED) is 0.864. The van der Waals surface area contributed by atoms with Gasteiger partial charge in [0.1, 0.15) is 11.4 Å². The molecule has 1 rings (SSSR count). The molecule has 0 aliphatic heterocycles. The third kappa shape index (κ3) is 3.47. The van der Waals surface area contributed by atoms with Gasteiger partial charge in [0, 0.05) is 0 Å². The van der Waals surface area contributed by atoms with E-state index in [1.807, 2.05) is 18.2 Å². The minimum Gasteiger partial charge on any atom is -0.495 e. The first kappa shape index (κ1) is 14.5. The molecule has 18 heavy (non-hydrogen) atoms. The molecule has 1 aromatic carbocycles. The minimum absolute atomic E-state index is 0.355. The number of anilines is 1. The van der Waals surface area contributed by atoms with Gasteiger partial charge in [-0.1, -0.05) is 19.9 Å². The van der Waals surface area contributed by atoms with Crippen molar-refractivity contribution in [3.8, 4) is 5.75 Å². The molecule has 0 aliphatic rings. The molecule has 0 atom stereocenters. The molecule has 1 amide bonds. The number of methoxy groups -OCH3 is 1. The van der Waals surface area contributed by atoms with Crippen LogP contribution in [-0.2, 0) is 4.79 Å². The molecule has 0 aliphatic carbocycles. The first-order valence-corrected chi connectivity index (χ1v) is 5.97. The zero-order valence-electron chi connectivity index (χ0n) is 11.6. The van der Waals surface area contributed by atoms with Gasteiger partial charge in [-0.3, -0.25) is 4.79 Å². The molecular weight excluding hydrogens is 230 g/mol. The molecule has 100 valence electrons. The second-order valence-electron chi connectivity index (χ2n) is 5.13. The summed E-state index contributed by atoms with van der Waals surface area (Å²) >= 11 is 0. The fourth-order valence-electron chi connectivity index (χ4n) is 1.46. The second kappa shape index (κ2) is 5.40. The third-order valence-corrected chi connectivity index (χ3v) is 2.69. The highest BCUT2D eigenvalue weighted by Gasteiger charge is 2.24. The number of benzene rings is 1. The lowest BCUT2D eigenvalue weighted by Gasteiger charge is -2.19. The smallest absolute Gasteiger partial charge is 0.255 e. The Morgan fingerprint density at radius 3 is 2.44 bits per heavy atom. The van der Waals surface area contributed by atoms with Gasteiger partial charge in [-0.2, -0.15) is 0 Å². The number of carbonyl (C=O) groups excluding carboxylic acids is 1. The minimum atomic E-state index is -1.42. The zero-order valence-corrected chi connectivity index (χ0v) is 11.6. The Labute approximate surface area is 108 Å². The molecule has 4 nitrogen and oxygen atoms in total. The van der Waals surface area contributed by atoms with Gasteiger partial charge in [0.2, 0.25) is 0 Å². The molecule has 0 aromatic heterocycles. The molecular formula is C14H21NO3. The van der Waals surface area contributed by atoms with E-state index in [1.165, 1.54) is 13.8 Å². The summed E-state index contributed by atoms with van der Waals surface area (Å²) in [7, 11) is 1.55. The second-order valence-corrected chi connectivity index (χ2v) is 5.13. The summed E-state index contributed by atoms with van der Waals surface area (Å²) in [6.07, 6.45) is 0. The summed E-state index contributed by atoms with van der Waals surface area (Å²) in [4.78, 5) is 11.8. The van der Waals surface area contributed by atoms with E-state index in [0.29, 0.717) is 17.4 Å². The number of hydrogen-bond acceptors (Lipinski definition) is 3. The molecule has 0 heterocycles. The fraction of sp³-hybridized carbons (Fsp3) is 0.500. The van der Waals surface area contributed by atoms with E-state index < -0.39 is 11.5 Å². The molecule has 0 radical (unpaired) electrons. The number of amides is 1. The molecule has 0 fully saturated rings. The number of nitrogens with one attached hydrogen (secondary N) is 1. The molecule has 0 saturated heterocycles. The van der Waals surface area contributed by atoms with Crippen LogP contribution in [0.25, 0.3) is 0 Å². The van der Waals surface area contributed by atoms with Crippen molar-refractivity contribution in [2.45, 2.75) is 39.2 Å². The largest absolute Gasteiger partial charge is 0.495 e. The molecule has 0 bridgehead atoms. The van der Waals surface area contributed by atoms with Crippen molar-refractivity contribution >= 4 is 11.6 Å². The van der Waals surface area contributed by atoms with Gasteiger partial charge in [0.05, 0.1) is 12.8 Å². The number of aliphatic hydroxyl groups is 1. The van der Waals surface area contributed by atoms with Crippen molar-refractivity contribution < 1.29 is 14.6 Å². The predicted molar refractivity (Wildman–Crippen MR) is 72.0 cm³/mol. The monoisotopic (exact) mass is 251 g/mol. The van der Waals surface area contributed by atoms with Gasteiger partial charge in [-0.25, -0.2) is 0 Å². The van der Waals surface area contributed by atoms with Gasteiger partial charge in [-0.05, 0) is 37.5 Å². The summed E-state index contributed by atoms with van der Waals surface area (Å²) in [6, 6.07) is 5.64. The maximum absolute atomic E-state index is 11.8. The highest BCUT2D eigenvalue weighted by atomic mass is 16.5.